The zero-order valence-electron chi connectivity index (χ0n) is 8.57. The van der Waals surface area contributed by atoms with Crippen LogP contribution in [-0.4, -0.2) is 25.9 Å². The van der Waals surface area contributed by atoms with Crippen LogP contribution in [0.5, 0.6) is 5.75 Å². The number of epoxide rings is 1. The quantitative estimate of drug-likeness (QED) is 0.703. The monoisotopic (exact) mass is 206 g/mol. The van der Waals surface area contributed by atoms with Crippen molar-refractivity contribution in [2.75, 3.05) is 19.8 Å². The summed E-state index contributed by atoms with van der Waals surface area (Å²) in [6.45, 7) is 3.04. The average Bonchev–Trinajstić information content (AvgIpc) is 3.10. The van der Waals surface area contributed by atoms with Crippen molar-refractivity contribution >= 4 is 0 Å². The minimum atomic E-state index is 0.320. The standard InChI is InChI=1S/C12H14O3/c1-2-9-6-13-5-4-11(9)12(3-1)15-8-10-7-14-10/h1-3,10H,4-8H2. The molecule has 1 fully saturated rings. The maximum absolute atomic E-state index is 5.75. The van der Waals surface area contributed by atoms with E-state index < -0.39 is 0 Å². The summed E-state index contributed by atoms with van der Waals surface area (Å²) < 4.78 is 16.3. The predicted octanol–water partition coefficient (Wildman–Crippen LogP) is 1.54. The largest absolute Gasteiger partial charge is 0.490 e. The van der Waals surface area contributed by atoms with Crippen LogP contribution in [0.15, 0.2) is 18.2 Å². The molecule has 80 valence electrons. The molecular weight excluding hydrogens is 192 g/mol. The number of ether oxygens (including phenoxy) is 3. The zero-order valence-corrected chi connectivity index (χ0v) is 8.57. The third-order valence-corrected chi connectivity index (χ3v) is 2.81. The van der Waals surface area contributed by atoms with Gasteiger partial charge in [0.1, 0.15) is 18.5 Å². The molecule has 1 aromatic carbocycles. The molecule has 0 N–H and O–H groups in total. The molecule has 0 aromatic heterocycles. The van der Waals surface area contributed by atoms with Crippen LogP contribution in [0.4, 0.5) is 0 Å². The smallest absolute Gasteiger partial charge is 0.123 e. The number of fused-ring (bicyclic) bond motifs is 1. The van der Waals surface area contributed by atoms with Crippen LogP contribution in [0.25, 0.3) is 0 Å². The van der Waals surface area contributed by atoms with E-state index in [4.69, 9.17) is 14.2 Å². The van der Waals surface area contributed by atoms with E-state index in [9.17, 15) is 0 Å². The van der Waals surface area contributed by atoms with E-state index in [1.165, 1.54) is 11.1 Å². The summed E-state index contributed by atoms with van der Waals surface area (Å²) in [6, 6.07) is 6.16. The molecule has 0 spiro atoms. The van der Waals surface area contributed by atoms with E-state index in [2.05, 4.69) is 6.07 Å². The van der Waals surface area contributed by atoms with Crippen molar-refractivity contribution in [1.82, 2.24) is 0 Å². The predicted molar refractivity (Wildman–Crippen MR) is 55.0 cm³/mol. The lowest BCUT2D eigenvalue weighted by Gasteiger charge is -2.19. The highest BCUT2D eigenvalue weighted by atomic mass is 16.6. The Morgan fingerprint density at radius 3 is 3.20 bits per heavy atom. The van der Waals surface area contributed by atoms with Crippen molar-refractivity contribution in [3.8, 4) is 5.75 Å². The Morgan fingerprint density at radius 2 is 2.33 bits per heavy atom. The summed E-state index contributed by atoms with van der Waals surface area (Å²) in [5.74, 6) is 1.01. The van der Waals surface area contributed by atoms with Gasteiger partial charge in [0.05, 0.1) is 19.8 Å². The fourth-order valence-electron chi connectivity index (χ4n) is 1.87. The maximum Gasteiger partial charge on any atom is 0.123 e. The van der Waals surface area contributed by atoms with Crippen molar-refractivity contribution < 1.29 is 14.2 Å². The summed E-state index contributed by atoms with van der Waals surface area (Å²) in [6.07, 6.45) is 1.28. The van der Waals surface area contributed by atoms with Crippen LogP contribution in [0.3, 0.4) is 0 Å². The first-order valence-electron chi connectivity index (χ1n) is 5.36. The van der Waals surface area contributed by atoms with Gasteiger partial charge in [-0.25, -0.2) is 0 Å². The van der Waals surface area contributed by atoms with E-state index in [1.54, 1.807) is 0 Å². The van der Waals surface area contributed by atoms with Crippen molar-refractivity contribution in [3.05, 3.63) is 29.3 Å². The highest BCUT2D eigenvalue weighted by Gasteiger charge is 2.24. The first-order chi connectivity index (χ1) is 7.43. The Bertz CT molecular complexity index is 358. The van der Waals surface area contributed by atoms with E-state index in [1.807, 2.05) is 12.1 Å². The van der Waals surface area contributed by atoms with Crippen LogP contribution < -0.4 is 4.74 Å². The molecule has 2 aliphatic rings. The van der Waals surface area contributed by atoms with E-state index in [-0.39, 0.29) is 0 Å². The minimum absolute atomic E-state index is 0.320. The van der Waals surface area contributed by atoms with Gasteiger partial charge in [0.25, 0.3) is 0 Å². The Kier molecular flexibility index (Phi) is 2.35. The fourth-order valence-corrected chi connectivity index (χ4v) is 1.87. The third-order valence-electron chi connectivity index (χ3n) is 2.81. The summed E-state index contributed by atoms with van der Waals surface area (Å²) >= 11 is 0. The SMILES string of the molecule is c1cc2c(c(OCC3CO3)c1)CCOC2. The molecular formula is C12H14O3. The fraction of sp³-hybridized carbons (Fsp3) is 0.500. The second-order valence-electron chi connectivity index (χ2n) is 3.96. The van der Waals surface area contributed by atoms with Crippen molar-refractivity contribution in [2.45, 2.75) is 19.1 Å². The molecule has 1 aromatic rings. The lowest BCUT2D eigenvalue weighted by Crippen LogP contribution is -2.13. The van der Waals surface area contributed by atoms with E-state index in [0.717, 1.165) is 25.4 Å². The molecule has 0 bridgehead atoms. The van der Waals surface area contributed by atoms with Gasteiger partial charge < -0.3 is 14.2 Å². The molecule has 2 aliphatic heterocycles. The van der Waals surface area contributed by atoms with Gasteiger partial charge >= 0.3 is 0 Å². The van der Waals surface area contributed by atoms with Gasteiger partial charge in [-0.15, -0.1) is 0 Å². The lowest BCUT2D eigenvalue weighted by molar-refractivity contribution is 0.109. The zero-order chi connectivity index (χ0) is 10.1. The van der Waals surface area contributed by atoms with Gasteiger partial charge in [-0.1, -0.05) is 12.1 Å². The molecule has 3 heteroatoms. The first-order valence-corrected chi connectivity index (χ1v) is 5.36. The lowest BCUT2D eigenvalue weighted by atomic mass is 10.0. The van der Waals surface area contributed by atoms with Gasteiger partial charge in [0.2, 0.25) is 0 Å². The Balaban J connectivity index is 1.79. The van der Waals surface area contributed by atoms with E-state index >= 15 is 0 Å². The van der Waals surface area contributed by atoms with Gasteiger partial charge in [-0.05, 0) is 18.1 Å². The second-order valence-corrected chi connectivity index (χ2v) is 3.96. The summed E-state index contributed by atoms with van der Waals surface area (Å²) in [5, 5.41) is 0. The maximum atomic E-state index is 5.75. The van der Waals surface area contributed by atoms with Gasteiger partial charge in [-0.3, -0.25) is 0 Å². The molecule has 2 heterocycles. The highest BCUT2D eigenvalue weighted by Crippen LogP contribution is 2.27. The molecule has 1 saturated heterocycles. The highest BCUT2D eigenvalue weighted by molar-refractivity contribution is 5.41. The topological polar surface area (TPSA) is 31.0 Å². The molecule has 1 atom stereocenters. The molecule has 0 aliphatic carbocycles. The minimum Gasteiger partial charge on any atom is -0.490 e. The molecule has 3 rings (SSSR count). The number of hydrogen-bond acceptors (Lipinski definition) is 3. The van der Waals surface area contributed by atoms with Gasteiger partial charge in [0.15, 0.2) is 0 Å². The Labute approximate surface area is 89.0 Å². The number of rotatable bonds is 3. The molecule has 3 nitrogen and oxygen atoms in total. The van der Waals surface area contributed by atoms with Gasteiger partial charge in [-0.2, -0.15) is 0 Å². The molecule has 1 unspecified atom stereocenters. The third kappa shape index (κ3) is 1.98. The van der Waals surface area contributed by atoms with Crippen LogP contribution in [0.1, 0.15) is 11.1 Å². The average molecular weight is 206 g/mol. The van der Waals surface area contributed by atoms with Crippen molar-refractivity contribution in [2.24, 2.45) is 0 Å². The first kappa shape index (κ1) is 9.19. The van der Waals surface area contributed by atoms with Gasteiger partial charge in [0, 0.05) is 5.56 Å². The van der Waals surface area contributed by atoms with Crippen molar-refractivity contribution in [1.29, 1.82) is 0 Å². The van der Waals surface area contributed by atoms with Crippen LogP contribution >= 0.6 is 0 Å². The van der Waals surface area contributed by atoms with Crippen molar-refractivity contribution in [3.63, 3.8) is 0 Å². The second kappa shape index (κ2) is 3.83. The molecule has 0 radical (unpaired) electrons. The Hall–Kier alpha value is -1.06. The molecule has 0 saturated carbocycles. The van der Waals surface area contributed by atoms with Crippen LogP contribution in [0, 0.1) is 0 Å². The molecule has 0 amide bonds. The van der Waals surface area contributed by atoms with Crippen LogP contribution in [0.2, 0.25) is 0 Å². The van der Waals surface area contributed by atoms with E-state index in [0.29, 0.717) is 19.3 Å². The number of benzene rings is 1. The number of hydrogen-bond donors (Lipinski definition) is 0. The normalized spacial score (nSPS) is 23.3. The summed E-state index contributed by atoms with van der Waals surface area (Å²) in [5.41, 5.74) is 2.57. The molecule has 15 heavy (non-hydrogen) atoms. The summed E-state index contributed by atoms with van der Waals surface area (Å²) in [7, 11) is 0. The van der Waals surface area contributed by atoms with Crippen LogP contribution in [-0.2, 0) is 22.5 Å². The Morgan fingerprint density at radius 1 is 1.40 bits per heavy atom. The summed E-state index contributed by atoms with van der Waals surface area (Å²) in [4.78, 5) is 0.